The number of fused-ring (bicyclic) bond motifs is 3. The predicted octanol–water partition coefficient (Wildman–Crippen LogP) is 4.29. The zero-order valence-corrected chi connectivity index (χ0v) is 17.0. The zero-order chi connectivity index (χ0) is 20.5. The molecule has 6 nitrogen and oxygen atoms in total. The van der Waals surface area contributed by atoms with Gasteiger partial charge in [-0.25, -0.2) is 4.98 Å². The van der Waals surface area contributed by atoms with Gasteiger partial charge in [0.25, 0.3) is 0 Å². The second kappa shape index (κ2) is 7.81. The third-order valence-corrected chi connectivity index (χ3v) is 5.30. The van der Waals surface area contributed by atoms with E-state index in [0.29, 0.717) is 27.7 Å². The number of amides is 2. The minimum atomic E-state index is -0.351. The Balaban J connectivity index is 1.66. The molecule has 0 saturated carbocycles. The normalized spacial score (nSPS) is 12.8. The summed E-state index contributed by atoms with van der Waals surface area (Å²) >= 11 is 12.2. The fraction of sp³-hybridized carbons (Fsp3) is 0.143. The summed E-state index contributed by atoms with van der Waals surface area (Å²) in [5.74, 6) is -0.576. The molecule has 0 spiro atoms. The van der Waals surface area contributed by atoms with Crippen LogP contribution in [0.5, 0.6) is 0 Å². The summed E-state index contributed by atoms with van der Waals surface area (Å²) in [6.45, 7) is 1.70. The summed E-state index contributed by atoms with van der Waals surface area (Å²) in [4.78, 5) is 35.6. The van der Waals surface area contributed by atoms with E-state index >= 15 is 0 Å². The van der Waals surface area contributed by atoms with Crippen LogP contribution in [0.15, 0.2) is 48.8 Å². The van der Waals surface area contributed by atoms with Crippen molar-refractivity contribution in [2.75, 3.05) is 16.8 Å². The van der Waals surface area contributed by atoms with E-state index in [9.17, 15) is 9.59 Å². The summed E-state index contributed by atoms with van der Waals surface area (Å²) < 4.78 is 0. The average molecular weight is 427 g/mol. The van der Waals surface area contributed by atoms with Crippen LogP contribution in [-0.4, -0.2) is 28.3 Å². The van der Waals surface area contributed by atoms with Gasteiger partial charge in [0.1, 0.15) is 11.7 Å². The van der Waals surface area contributed by atoms with Gasteiger partial charge in [-0.05, 0) is 42.3 Å². The maximum absolute atomic E-state index is 13.0. The molecule has 3 heterocycles. The van der Waals surface area contributed by atoms with Gasteiger partial charge in [0.2, 0.25) is 11.8 Å². The molecule has 2 aromatic heterocycles. The highest BCUT2D eigenvalue weighted by Crippen LogP contribution is 2.36. The molecule has 0 saturated heterocycles. The number of hydrogen-bond acceptors (Lipinski definition) is 4. The van der Waals surface area contributed by atoms with Gasteiger partial charge in [0, 0.05) is 28.7 Å². The van der Waals surface area contributed by atoms with Crippen LogP contribution in [0.3, 0.4) is 0 Å². The Morgan fingerprint density at radius 2 is 2.03 bits per heavy atom. The van der Waals surface area contributed by atoms with Gasteiger partial charge in [-0.1, -0.05) is 35.3 Å². The second-order valence-electron chi connectivity index (χ2n) is 6.70. The van der Waals surface area contributed by atoms with Crippen molar-refractivity contribution >= 4 is 46.4 Å². The van der Waals surface area contributed by atoms with Gasteiger partial charge >= 0.3 is 0 Å². The lowest BCUT2D eigenvalue weighted by Crippen LogP contribution is -2.38. The third-order valence-electron chi connectivity index (χ3n) is 4.69. The van der Waals surface area contributed by atoms with Crippen LogP contribution in [0.2, 0.25) is 10.2 Å². The van der Waals surface area contributed by atoms with Crippen LogP contribution >= 0.6 is 23.2 Å². The highest BCUT2D eigenvalue weighted by molar-refractivity contribution is 6.31. The number of rotatable bonds is 3. The Morgan fingerprint density at radius 3 is 2.83 bits per heavy atom. The van der Waals surface area contributed by atoms with E-state index in [1.807, 2.05) is 19.1 Å². The minimum absolute atomic E-state index is 0.124. The maximum Gasteiger partial charge on any atom is 0.244 e. The Morgan fingerprint density at radius 1 is 1.21 bits per heavy atom. The third kappa shape index (κ3) is 3.95. The molecular weight excluding hydrogens is 411 g/mol. The number of halogens is 2. The predicted molar refractivity (Wildman–Crippen MR) is 113 cm³/mol. The molecular formula is C21H16Cl2N4O2. The molecule has 1 aliphatic rings. The summed E-state index contributed by atoms with van der Waals surface area (Å²) in [6, 6.07) is 10.5. The molecule has 146 valence electrons. The van der Waals surface area contributed by atoms with Crippen LogP contribution < -0.4 is 10.2 Å². The molecule has 29 heavy (non-hydrogen) atoms. The Hall–Kier alpha value is -2.96. The minimum Gasteiger partial charge on any atom is -0.324 e. The molecule has 0 radical (unpaired) electrons. The highest BCUT2D eigenvalue weighted by Gasteiger charge is 2.28. The van der Waals surface area contributed by atoms with E-state index in [1.54, 1.807) is 36.7 Å². The number of nitrogens with one attached hydrogen (secondary N) is 1. The first kappa shape index (κ1) is 19.4. The summed E-state index contributed by atoms with van der Waals surface area (Å²) in [7, 11) is 0. The van der Waals surface area contributed by atoms with Gasteiger partial charge in [0.15, 0.2) is 0 Å². The maximum atomic E-state index is 13.0. The first-order valence-corrected chi connectivity index (χ1v) is 9.64. The quantitative estimate of drug-likeness (QED) is 0.633. The van der Waals surface area contributed by atoms with Gasteiger partial charge in [0.05, 0.1) is 17.8 Å². The van der Waals surface area contributed by atoms with Crippen LogP contribution in [0.25, 0.3) is 11.3 Å². The van der Waals surface area contributed by atoms with Crippen LogP contribution in [0, 0.1) is 6.92 Å². The van der Waals surface area contributed by atoms with Crippen molar-refractivity contribution in [1.29, 1.82) is 0 Å². The summed E-state index contributed by atoms with van der Waals surface area (Å²) in [5.41, 5.74) is 4.07. The number of aromatic nitrogens is 2. The number of nitrogens with zero attached hydrogens (tertiary/aromatic N) is 3. The monoisotopic (exact) mass is 426 g/mol. The lowest BCUT2D eigenvalue weighted by Gasteiger charge is -2.22. The number of anilines is 2. The molecule has 1 N–H and O–H groups in total. The molecule has 8 heteroatoms. The number of aryl methyl sites for hydroxylation is 1. The van der Waals surface area contributed by atoms with E-state index in [1.165, 1.54) is 4.90 Å². The largest absolute Gasteiger partial charge is 0.324 e. The molecule has 4 rings (SSSR count). The zero-order valence-electron chi connectivity index (χ0n) is 15.4. The molecule has 0 bridgehead atoms. The first-order chi connectivity index (χ1) is 13.9. The molecule has 1 aliphatic heterocycles. The number of pyridine rings is 2. The molecule has 3 aromatic rings. The second-order valence-corrected chi connectivity index (χ2v) is 7.50. The van der Waals surface area contributed by atoms with Gasteiger partial charge in [-0.15, -0.1) is 0 Å². The summed E-state index contributed by atoms with van der Waals surface area (Å²) in [6.07, 6.45) is 3.36. The van der Waals surface area contributed by atoms with Crippen LogP contribution in [-0.2, 0) is 16.0 Å². The lowest BCUT2D eigenvalue weighted by atomic mass is 10.1. The fourth-order valence-electron chi connectivity index (χ4n) is 3.23. The Kier molecular flexibility index (Phi) is 5.22. The van der Waals surface area contributed by atoms with E-state index < -0.39 is 0 Å². The molecule has 0 fully saturated rings. The molecule has 0 aliphatic carbocycles. The van der Waals surface area contributed by atoms with E-state index in [4.69, 9.17) is 23.2 Å². The van der Waals surface area contributed by atoms with Gasteiger partial charge in [-0.3, -0.25) is 14.6 Å². The standard InChI is InChI=1S/C21H16Cl2N4O2/c1-12-4-5-14(8-16(12)22)26-19(28)11-27-17-9-18(23)25-10-15(17)21-13(7-20(27)29)3-2-6-24-21/h2-6,8-10H,7,11H2,1H3,(H,26,28). The topological polar surface area (TPSA) is 75.2 Å². The van der Waals surface area contributed by atoms with Gasteiger partial charge in [-0.2, -0.15) is 0 Å². The lowest BCUT2D eigenvalue weighted by molar-refractivity contribution is -0.121. The van der Waals surface area contributed by atoms with Crippen molar-refractivity contribution in [3.63, 3.8) is 0 Å². The van der Waals surface area contributed by atoms with Crippen LogP contribution in [0.4, 0.5) is 11.4 Å². The SMILES string of the molecule is Cc1ccc(NC(=O)CN2C(=O)Cc3cccnc3-c3cnc(Cl)cc32)cc1Cl. The summed E-state index contributed by atoms with van der Waals surface area (Å²) in [5, 5.41) is 3.57. The van der Waals surface area contributed by atoms with Crippen molar-refractivity contribution in [1.82, 2.24) is 9.97 Å². The highest BCUT2D eigenvalue weighted by atomic mass is 35.5. The molecule has 0 unspecified atom stereocenters. The van der Waals surface area contributed by atoms with Crippen molar-refractivity contribution in [2.24, 2.45) is 0 Å². The Labute approximate surface area is 177 Å². The van der Waals surface area contributed by atoms with Crippen molar-refractivity contribution in [3.8, 4) is 11.3 Å². The average Bonchev–Trinajstić information content (AvgIpc) is 2.80. The number of carbonyl (C=O) groups excluding carboxylic acids is 2. The van der Waals surface area contributed by atoms with Gasteiger partial charge < -0.3 is 10.2 Å². The Bertz CT molecular complexity index is 1130. The van der Waals surface area contributed by atoms with Crippen molar-refractivity contribution in [2.45, 2.75) is 13.3 Å². The molecule has 1 aromatic carbocycles. The van der Waals surface area contributed by atoms with E-state index in [-0.39, 0.29) is 29.9 Å². The van der Waals surface area contributed by atoms with Crippen molar-refractivity contribution in [3.05, 3.63) is 70.1 Å². The smallest absolute Gasteiger partial charge is 0.244 e. The number of benzene rings is 1. The fourth-order valence-corrected chi connectivity index (χ4v) is 3.56. The van der Waals surface area contributed by atoms with Crippen molar-refractivity contribution < 1.29 is 9.59 Å². The number of hydrogen-bond donors (Lipinski definition) is 1. The van der Waals surface area contributed by atoms with E-state index in [0.717, 1.165) is 11.1 Å². The molecule has 2 amide bonds. The number of carbonyl (C=O) groups is 2. The van der Waals surface area contributed by atoms with E-state index in [2.05, 4.69) is 15.3 Å². The van der Waals surface area contributed by atoms with Crippen LogP contribution in [0.1, 0.15) is 11.1 Å². The first-order valence-electron chi connectivity index (χ1n) is 8.88. The molecule has 0 atom stereocenters.